The molecule has 9 aromatic rings. The zero-order chi connectivity index (χ0) is 36.3. The summed E-state index contributed by atoms with van der Waals surface area (Å²) in [6, 6.07) is 66.6. The zero-order valence-corrected chi connectivity index (χ0v) is 30.4. The molecule has 8 aromatic carbocycles. The van der Waals surface area contributed by atoms with E-state index in [2.05, 4.69) is 210 Å². The van der Waals surface area contributed by atoms with Gasteiger partial charge in [-0.1, -0.05) is 133 Å². The van der Waals surface area contributed by atoms with Crippen LogP contribution in [0.25, 0.3) is 60.5 Å². The van der Waals surface area contributed by atoms with E-state index in [1.807, 2.05) is 0 Å². The lowest BCUT2D eigenvalue weighted by atomic mass is 9.89. The SMILES string of the molecule is C1=CCC2C(=C1)Cc1cc3ccc4c(c3cc12)c1cc(-c2ccc(-c3ccc(N(c5ccccc5)c5ccccc5)cc3)cc2)ccc1n4-c1ccccc1. The first kappa shape index (κ1) is 31.6. The molecule has 2 aliphatic carbocycles. The molecule has 11 rings (SSSR count). The molecule has 2 heteroatoms. The Hall–Kier alpha value is -6.90. The quantitative estimate of drug-likeness (QED) is 0.167. The normalized spacial score (nSPS) is 14.6. The predicted octanol–water partition coefficient (Wildman–Crippen LogP) is 14.3. The number of hydrogen-bond donors (Lipinski definition) is 0. The Bertz CT molecular complexity index is 2900. The van der Waals surface area contributed by atoms with Gasteiger partial charge in [-0.15, -0.1) is 0 Å². The smallest absolute Gasteiger partial charge is 0.0547 e. The number of fused-ring (bicyclic) bond motifs is 8. The first-order chi connectivity index (χ1) is 27.3. The number of para-hydroxylation sites is 3. The van der Waals surface area contributed by atoms with Crippen LogP contribution in [0.5, 0.6) is 0 Å². The van der Waals surface area contributed by atoms with Crippen molar-refractivity contribution in [3.63, 3.8) is 0 Å². The van der Waals surface area contributed by atoms with Crippen LogP contribution in [0.1, 0.15) is 23.5 Å². The Kier molecular flexibility index (Phi) is 7.41. The van der Waals surface area contributed by atoms with Crippen molar-refractivity contribution in [2.75, 3.05) is 4.90 Å². The molecule has 0 spiro atoms. The van der Waals surface area contributed by atoms with Gasteiger partial charge >= 0.3 is 0 Å². The van der Waals surface area contributed by atoms with Crippen molar-refractivity contribution in [2.24, 2.45) is 0 Å². The number of benzene rings is 8. The third-order valence-electron chi connectivity index (χ3n) is 11.8. The van der Waals surface area contributed by atoms with Gasteiger partial charge in [0.2, 0.25) is 0 Å². The molecular formula is C53H38N2. The second kappa shape index (κ2) is 12.9. The van der Waals surface area contributed by atoms with E-state index in [-0.39, 0.29) is 0 Å². The summed E-state index contributed by atoms with van der Waals surface area (Å²) in [5.74, 6) is 0.499. The van der Waals surface area contributed by atoms with Crippen molar-refractivity contribution >= 4 is 49.6 Å². The molecule has 0 fully saturated rings. The minimum atomic E-state index is 0.499. The Morgan fingerprint density at radius 3 is 1.76 bits per heavy atom. The second-order valence-electron chi connectivity index (χ2n) is 14.9. The van der Waals surface area contributed by atoms with Crippen LogP contribution in [-0.4, -0.2) is 4.57 Å². The minimum absolute atomic E-state index is 0.499. The fraction of sp³-hybridized carbons (Fsp3) is 0.0566. The van der Waals surface area contributed by atoms with Gasteiger partial charge in [-0.3, -0.25) is 0 Å². The maximum absolute atomic E-state index is 2.53. The van der Waals surface area contributed by atoms with Crippen LogP contribution < -0.4 is 4.90 Å². The van der Waals surface area contributed by atoms with Gasteiger partial charge in [0, 0.05) is 39.4 Å². The molecule has 0 amide bonds. The molecule has 260 valence electrons. The maximum atomic E-state index is 2.53. The molecule has 2 nitrogen and oxygen atoms in total. The minimum Gasteiger partial charge on any atom is -0.311 e. The van der Waals surface area contributed by atoms with Crippen molar-refractivity contribution in [3.8, 4) is 27.9 Å². The third-order valence-corrected chi connectivity index (χ3v) is 11.8. The van der Waals surface area contributed by atoms with Crippen molar-refractivity contribution in [3.05, 3.63) is 217 Å². The number of nitrogens with zero attached hydrogens (tertiary/aromatic N) is 2. The van der Waals surface area contributed by atoms with Gasteiger partial charge in [0.05, 0.1) is 11.0 Å². The molecule has 1 atom stereocenters. The van der Waals surface area contributed by atoms with E-state index in [1.54, 1.807) is 5.57 Å². The van der Waals surface area contributed by atoms with E-state index >= 15 is 0 Å². The number of anilines is 3. The molecule has 1 heterocycles. The predicted molar refractivity (Wildman–Crippen MR) is 232 cm³/mol. The van der Waals surface area contributed by atoms with Crippen molar-refractivity contribution in [1.82, 2.24) is 4.57 Å². The largest absolute Gasteiger partial charge is 0.311 e. The molecule has 1 unspecified atom stereocenters. The summed E-state index contributed by atoms with van der Waals surface area (Å²) in [6.07, 6.45) is 9.06. The van der Waals surface area contributed by atoms with Gasteiger partial charge in [0.25, 0.3) is 0 Å². The number of hydrogen-bond acceptors (Lipinski definition) is 1. The van der Waals surface area contributed by atoms with Gasteiger partial charge < -0.3 is 9.47 Å². The van der Waals surface area contributed by atoms with Crippen LogP contribution in [0.4, 0.5) is 17.1 Å². The summed E-state index contributed by atoms with van der Waals surface area (Å²) in [5.41, 5.74) is 16.5. The van der Waals surface area contributed by atoms with E-state index in [1.165, 1.54) is 71.6 Å². The van der Waals surface area contributed by atoms with Crippen LogP contribution in [-0.2, 0) is 6.42 Å². The summed E-state index contributed by atoms with van der Waals surface area (Å²) in [7, 11) is 0. The van der Waals surface area contributed by atoms with E-state index < -0.39 is 0 Å². The fourth-order valence-electron chi connectivity index (χ4n) is 9.13. The lowest BCUT2D eigenvalue weighted by molar-refractivity contribution is 0.822. The molecule has 1 aromatic heterocycles. The van der Waals surface area contributed by atoms with E-state index in [0.717, 1.165) is 29.9 Å². The molecule has 0 radical (unpaired) electrons. The highest BCUT2D eigenvalue weighted by atomic mass is 15.1. The van der Waals surface area contributed by atoms with Crippen LogP contribution in [0, 0.1) is 0 Å². The standard InChI is InChI=1S/C53H38N2/c1-4-13-43(14-5-1)54(44-15-6-2-7-16-44)46-28-24-37(25-29-46)36-20-22-38(23-21-36)39-26-30-51-50(34-39)53-49-35-48-42(32-40-12-10-11-19-47(40)48)33-41(49)27-31-52(53)55(51)45-17-8-3-9-18-45/h1-18,20-31,33-35,47H,19,32H2. The monoisotopic (exact) mass is 702 g/mol. The molecule has 0 saturated heterocycles. The third kappa shape index (κ3) is 5.33. The summed E-state index contributed by atoms with van der Waals surface area (Å²) < 4.78 is 2.44. The summed E-state index contributed by atoms with van der Waals surface area (Å²) >= 11 is 0. The molecule has 0 N–H and O–H groups in total. The highest BCUT2D eigenvalue weighted by molar-refractivity contribution is 6.22. The molecule has 55 heavy (non-hydrogen) atoms. The van der Waals surface area contributed by atoms with Gasteiger partial charge in [0.15, 0.2) is 0 Å². The Labute approximate surface area is 321 Å². The number of allylic oxidation sites excluding steroid dienone is 4. The summed E-state index contributed by atoms with van der Waals surface area (Å²) in [6.45, 7) is 0. The molecule has 2 aliphatic rings. The lowest BCUT2D eigenvalue weighted by Gasteiger charge is -2.25. The van der Waals surface area contributed by atoms with Gasteiger partial charge in [0.1, 0.15) is 0 Å². The van der Waals surface area contributed by atoms with E-state index in [4.69, 9.17) is 0 Å². The Morgan fingerprint density at radius 2 is 1.07 bits per heavy atom. The average Bonchev–Trinajstić information content (AvgIpc) is 3.79. The van der Waals surface area contributed by atoms with Gasteiger partial charge in [-0.2, -0.15) is 0 Å². The van der Waals surface area contributed by atoms with Gasteiger partial charge in [-0.25, -0.2) is 0 Å². The average molecular weight is 703 g/mol. The first-order valence-electron chi connectivity index (χ1n) is 19.3. The Balaban J connectivity index is 0.988. The molecule has 0 bridgehead atoms. The maximum Gasteiger partial charge on any atom is 0.0547 e. The number of aromatic nitrogens is 1. The van der Waals surface area contributed by atoms with Crippen molar-refractivity contribution in [2.45, 2.75) is 18.8 Å². The molecule has 0 saturated carbocycles. The van der Waals surface area contributed by atoms with Gasteiger partial charge in [-0.05, 0) is 130 Å². The second-order valence-corrected chi connectivity index (χ2v) is 14.9. The van der Waals surface area contributed by atoms with Crippen LogP contribution in [0.2, 0.25) is 0 Å². The fourth-order valence-corrected chi connectivity index (χ4v) is 9.13. The van der Waals surface area contributed by atoms with Crippen molar-refractivity contribution < 1.29 is 0 Å². The lowest BCUT2D eigenvalue weighted by Crippen LogP contribution is -2.09. The summed E-state index contributed by atoms with van der Waals surface area (Å²) in [5, 5.41) is 5.30. The van der Waals surface area contributed by atoms with Crippen molar-refractivity contribution in [1.29, 1.82) is 0 Å². The zero-order valence-electron chi connectivity index (χ0n) is 30.4. The van der Waals surface area contributed by atoms with E-state index in [9.17, 15) is 0 Å². The Morgan fingerprint density at radius 1 is 0.491 bits per heavy atom. The first-order valence-corrected chi connectivity index (χ1v) is 19.3. The van der Waals surface area contributed by atoms with Crippen LogP contribution in [0.3, 0.4) is 0 Å². The van der Waals surface area contributed by atoms with Crippen LogP contribution >= 0.6 is 0 Å². The number of rotatable bonds is 6. The summed E-state index contributed by atoms with van der Waals surface area (Å²) in [4.78, 5) is 2.30. The van der Waals surface area contributed by atoms with Crippen LogP contribution in [0.15, 0.2) is 206 Å². The topological polar surface area (TPSA) is 8.17 Å². The molecular weight excluding hydrogens is 665 g/mol. The molecule has 0 aliphatic heterocycles. The van der Waals surface area contributed by atoms with E-state index in [0.29, 0.717) is 5.92 Å². The highest BCUT2D eigenvalue weighted by Crippen LogP contribution is 2.46. The highest BCUT2D eigenvalue weighted by Gasteiger charge is 2.28.